The van der Waals surface area contributed by atoms with Crippen LogP contribution in [0.1, 0.15) is 52.4 Å². The third-order valence-corrected chi connectivity index (χ3v) is 3.48. The van der Waals surface area contributed by atoms with Crippen molar-refractivity contribution >= 4 is 5.97 Å². The average Bonchev–Trinajstić information content (AvgIpc) is 2.26. The third-order valence-electron chi connectivity index (χ3n) is 3.48. The zero-order chi connectivity index (χ0) is 12.0. The van der Waals surface area contributed by atoms with Crippen molar-refractivity contribution in [3.05, 3.63) is 0 Å². The second-order valence-corrected chi connectivity index (χ2v) is 4.68. The van der Waals surface area contributed by atoms with Gasteiger partial charge in [0.05, 0.1) is 18.6 Å². The Hall–Kier alpha value is -0.570. The number of rotatable bonds is 5. The summed E-state index contributed by atoms with van der Waals surface area (Å²) in [5, 5.41) is 9.93. The monoisotopic (exact) mass is 228 g/mol. The zero-order valence-electron chi connectivity index (χ0n) is 10.4. The molecule has 0 amide bonds. The van der Waals surface area contributed by atoms with E-state index < -0.39 is 6.10 Å². The molecular formula is C13H24O3. The van der Waals surface area contributed by atoms with Crippen LogP contribution < -0.4 is 0 Å². The molecule has 94 valence electrons. The van der Waals surface area contributed by atoms with Crippen LogP contribution in [-0.4, -0.2) is 23.8 Å². The highest BCUT2D eigenvalue weighted by molar-refractivity contribution is 5.73. The van der Waals surface area contributed by atoms with Crippen LogP contribution >= 0.6 is 0 Å². The first kappa shape index (κ1) is 13.5. The lowest BCUT2D eigenvalue weighted by Gasteiger charge is -2.33. The van der Waals surface area contributed by atoms with E-state index >= 15 is 0 Å². The van der Waals surface area contributed by atoms with Crippen molar-refractivity contribution in [1.29, 1.82) is 0 Å². The molecule has 0 heterocycles. The van der Waals surface area contributed by atoms with E-state index in [0.717, 1.165) is 38.5 Å². The van der Waals surface area contributed by atoms with Crippen molar-refractivity contribution in [2.24, 2.45) is 11.8 Å². The molecule has 1 aliphatic carbocycles. The van der Waals surface area contributed by atoms with Crippen molar-refractivity contribution in [3.63, 3.8) is 0 Å². The summed E-state index contributed by atoms with van der Waals surface area (Å²) >= 11 is 0. The largest absolute Gasteiger partial charge is 0.466 e. The van der Waals surface area contributed by atoms with Crippen LogP contribution in [0, 0.1) is 11.8 Å². The molecule has 1 fully saturated rings. The molecule has 0 saturated heterocycles. The maximum absolute atomic E-state index is 11.8. The average molecular weight is 228 g/mol. The zero-order valence-corrected chi connectivity index (χ0v) is 10.4. The Morgan fingerprint density at radius 2 is 2.12 bits per heavy atom. The lowest BCUT2D eigenvalue weighted by atomic mass is 9.75. The molecular weight excluding hydrogens is 204 g/mol. The minimum absolute atomic E-state index is 0.198. The molecule has 1 N–H and O–H groups in total. The van der Waals surface area contributed by atoms with Crippen LogP contribution in [0.2, 0.25) is 0 Å². The normalized spacial score (nSPS) is 30.1. The van der Waals surface area contributed by atoms with Crippen molar-refractivity contribution in [1.82, 2.24) is 0 Å². The fraction of sp³-hybridized carbons (Fsp3) is 0.923. The topological polar surface area (TPSA) is 46.5 Å². The lowest BCUT2D eigenvalue weighted by molar-refractivity contribution is -0.157. The predicted octanol–water partition coefficient (Wildman–Crippen LogP) is 2.52. The van der Waals surface area contributed by atoms with E-state index in [0.29, 0.717) is 12.5 Å². The standard InChI is InChI=1S/C13H24O3/c1-3-5-7-10-8-6-9-11(14)12(10)13(15)16-4-2/h10-12,14H,3-9H2,1-2H3/t10-,11+,12+/m1/s1. The van der Waals surface area contributed by atoms with Gasteiger partial charge in [0.1, 0.15) is 0 Å². The smallest absolute Gasteiger partial charge is 0.311 e. The Morgan fingerprint density at radius 3 is 2.75 bits per heavy atom. The third kappa shape index (κ3) is 3.48. The first-order valence-corrected chi connectivity index (χ1v) is 6.55. The summed E-state index contributed by atoms with van der Waals surface area (Å²) < 4.78 is 5.06. The predicted molar refractivity (Wildman–Crippen MR) is 63.0 cm³/mol. The van der Waals surface area contributed by atoms with E-state index in [-0.39, 0.29) is 11.9 Å². The van der Waals surface area contributed by atoms with Gasteiger partial charge in [-0.2, -0.15) is 0 Å². The van der Waals surface area contributed by atoms with Gasteiger partial charge in [0.15, 0.2) is 0 Å². The van der Waals surface area contributed by atoms with Crippen LogP contribution in [0.15, 0.2) is 0 Å². The number of ether oxygens (including phenoxy) is 1. The molecule has 0 aromatic carbocycles. The van der Waals surface area contributed by atoms with Crippen LogP contribution in [0.3, 0.4) is 0 Å². The molecule has 1 rings (SSSR count). The first-order valence-electron chi connectivity index (χ1n) is 6.55. The quantitative estimate of drug-likeness (QED) is 0.735. The van der Waals surface area contributed by atoms with Crippen LogP contribution in [-0.2, 0) is 9.53 Å². The van der Waals surface area contributed by atoms with E-state index in [1.165, 1.54) is 0 Å². The van der Waals surface area contributed by atoms with Gasteiger partial charge in [0, 0.05) is 0 Å². The van der Waals surface area contributed by atoms with Gasteiger partial charge in [-0.3, -0.25) is 4.79 Å². The molecule has 0 radical (unpaired) electrons. The van der Waals surface area contributed by atoms with Crippen molar-refractivity contribution < 1.29 is 14.6 Å². The van der Waals surface area contributed by atoms with Gasteiger partial charge in [-0.1, -0.05) is 26.2 Å². The van der Waals surface area contributed by atoms with E-state index in [1.54, 1.807) is 0 Å². The lowest BCUT2D eigenvalue weighted by Crippen LogP contribution is -2.39. The Morgan fingerprint density at radius 1 is 1.38 bits per heavy atom. The van der Waals surface area contributed by atoms with Crippen molar-refractivity contribution in [2.75, 3.05) is 6.61 Å². The minimum Gasteiger partial charge on any atom is -0.466 e. The number of aliphatic hydroxyl groups excluding tert-OH is 1. The summed E-state index contributed by atoms with van der Waals surface area (Å²) in [6.07, 6.45) is 5.65. The Kier molecular flexibility index (Phi) is 5.81. The highest BCUT2D eigenvalue weighted by atomic mass is 16.5. The summed E-state index contributed by atoms with van der Waals surface area (Å²) in [6.45, 7) is 4.37. The van der Waals surface area contributed by atoms with E-state index in [9.17, 15) is 9.90 Å². The van der Waals surface area contributed by atoms with Gasteiger partial charge in [-0.15, -0.1) is 0 Å². The van der Waals surface area contributed by atoms with E-state index in [1.807, 2.05) is 6.92 Å². The molecule has 16 heavy (non-hydrogen) atoms. The highest BCUT2D eigenvalue weighted by Gasteiger charge is 2.37. The van der Waals surface area contributed by atoms with Crippen LogP contribution in [0.4, 0.5) is 0 Å². The second-order valence-electron chi connectivity index (χ2n) is 4.68. The van der Waals surface area contributed by atoms with Crippen molar-refractivity contribution in [2.45, 2.75) is 58.5 Å². The fourth-order valence-electron chi connectivity index (χ4n) is 2.64. The number of hydrogen-bond acceptors (Lipinski definition) is 3. The second kappa shape index (κ2) is 6.89. The maximum atomic E-state index is 11.8. The van der Waals surface area contributed by atoms with E-state index in [2.05, 4.69) is 6.92 Å². The SMILES string of the molecule is CCCC[C@@H]1CCC[C@H](O)[C@H]1C(=O)OCC. The number of hydrogen-bond donors (Lipinski definition) is 1. The number of carbonyl (C=O) groups is 1. The summed E-state index contributed by atoms with van der Waals surface area (Å²) in [5.41, 5.74) is 0. The molecule has 3 atom stereocenters. The summed E-state index contributed by atoms with van der Waals surface area (Å²) in [5.74, 6) is -0.154. The summed E-state index contributed by atoms with van der Waals surface area (Å²) in [6, 6.07) is 0. The maximum Gasteiger partial charge on any atom is 0.311 e. The van der Waals surface area contributed by atoms with Crippen LogP contribution in [0.25, 0.3) is 0 Å². The van der Waals surface area contributed by atoms with Gasteiger partial charge < -0.3 is 9.84 Å². The van der Waals surface area contributed by atoms with Gasteiger partial charge in [-0.25, -0.2) is 0 Å². The van der Waals surface area contributed by atoms with Crippen LogP contribution in [0.5, 0.6) is 0 Å². The van der Waals surface area contributed by atoms with Gasteiger partial charge in [-0.05, 0) is 32.1 Å². The molecule has 0 unspecified atom stereocenters. The molecule has 3 nitrogen and oxygen atoms in total. The Bertz CT molecular complexity index is 215. The molecule has 0 aromatic heterocycles. The number of carbonyl (C=O) groups excluding carboxylic acids is 1. The van der Waals surface area contributed by atoms with E-state index in [4.69, 9.17) is 4.74 Å². The summed E-state index contributed by atoms with van der Waals surface area (Å²) in [7, 11) is 0. The van der Waals surface area contributed by atoms with Gasteiger partial charge >= 0.3 is 5.97 Å². The minimum atomic E-state index is -0.491. The number of esters is 1. The summed E-state index contributed by atoms with van der Waals surface area (Å²) in [4.78, 5) is 11.8. The molecule has 1 saturated carbocycles. The molecule has 0 spiro atoms. The molecule has 0 bridgehead atoms. The number of unbranched alkanes of at least 4 members (excludes halogenated alkanes) is 1. The Balaban J connectivity index is 2.59. The van der Waals surface area contributed by atoms with Crippen molar-refractivity contribution in [3.8, 4) is 0 Å². The number of aliphatic hydroxyl groups is 1. The first-order chi connectivity index (χ1) is 7.70. The highest BCUT2D eigenvalue weighted by Crippen LogP contribution is 2.34. The molecule has 0 aliphatic heterocycles. The van der Waals surface area contributed by atoms with Gasteiger partial charge in [0.25, 0.3) is 0 Å². The fourth-order valence-corrected chi connectivity index (χ4v) is 2.64. The molecule has 0 aromatic rings. The molecule has 3 heteroatoms. The van der Waals surface area contributed by atoms with Gasteiger partial charge in [0.2, 0.25) is 0 Å². The Labute approximate surface area is 98.2 Å². The molecule has 1 aliphatic rings.